The Balaban J connectivity index is 2.09. The Bertz CT molecular complexity index is 802. The van der Waals surface area contributed by atoms with Crippen molar-refractivity contribution in [1.82, 2.24) is 19.6 Å². The van der Waals surface area contributed by atoms with Gasteiger partial charge in [0.15, 0.2) is 0 Å². The van der Waals surface area contributed by atoms with Gasteiger partial charge in [0.1, 0.15) is 17.6 Å². The maximum absolute atomic E-state index is 11.2. The number of nitrogens with zero attached hydrogens (tertiary/aromatic N) is 4. The van der Waals surface area contributed by atoms with E-state index in [9.17, 15) is 4.79 Å². The van der Waals surface area contributed by atoms with Gasteiger partial charge >= 0.3 is 5.97 Å². The first kappa shape index (κ1) is 12.5. The van der Waals surface area contributed by atoms with Gasteiger partial charge in [-0.1, -0.05) is 15.9 Å². The third-order valence-corrected chi connectivity index (χ3v) is 3.06. The molecule has 0 atom stereocenters. The fourth-order valence-corrected chi connectivity index (χ4v) is 2.01. The average Bonchev–Trinajstić information content (AvgIpc) is 2.88. The van der Waals surface area contributed by atoms with E-state index < -0.39 is 5.97 Å². The van der Waals surface area contributed by atoms with Crippen molar-refractivity contribution in [3.05, 3.63) is 47.0 Å². The van der Waals surface area contributed by atoms with Gasteiger partial charge in [0.05, 0.1) is 0 Å². The van der Waals surface area contributed by atoms with Crippen LogP contribution in [0.4, 0.5) is 0 Å². The van der Waals surface area contributed by atoms with Crippen LogP contribution >= 0.6 is 15.9 Å². The summed E-state index contributed by atoms with van der Waals surface area (Å²) in [6.07, 6.45) is 4.69. The molecule has 3 aromatic rings. The zero-order valence-electron chi connectivity index (χ0n) is 9.89. The van der Waals surface area contributed by atoms with E-state index in [1.54, 1.807) is 22.7 Å². The number of aromatic nitrogens is 4. The normalized spacial score (nSPS) is 10.7. The lowest BCUT2D eigenvalue weighted by Crippen LogP contribution is -2.01. The Morgan fingerprint density at radius 3 is 3.05 bits per heavy atom. The number of ether oxygens (including phenoxy) is 1. The van der Waals surface area contributed by atoms with E-state index in [0.717, 1.165) is 0 Å². The predicted molar refractivity (Wildman–Crippen MR) is 72.0 cm³/mol. The van der Waals surface area contributed by atoms with Crippen molar-refractivity contribution in [2.45, 2.75) is 0 Å². The Morgan fingerprint density at radius 1 is 1.40 bits per heavy atom. The lowest BCUT2D eigenvalue weighted by Gasteiger charge is -2.08. The van der Waals surface area contributed by atoms with Crippen molar-refractivity contribution in [3.63, 3.8) is 0 Å². The summed E-state index contributed by atoms with van der Waals surface area (Å²) in [5, 5.41) is 16.8. The van der Waals surface area contributed by atoms with Crippen LogP contribution in [0, 0.1) is 0 Å². The largest absolute Gasteiger partial charge is 0.478 e. The Morgan fingerprint density at radius 2 is 2.25 bits per heavy atom. The summed E-state index contributed by atoms with van der Waals surface area (Å²) in [4.78, 5) is 15.2. The van der Waals surface area contributed by atoms with Crippen LogP contribution in [-0.2, 0) is 0 Å². The lowest BCUT2D eigenvalue weighted by atomic mass is 10.2. The van der Waals surface area contributed by atoms with E-state index in [0.29, 0.717) is 10.1 Å². The monoisotopic (exact) mass is 334 g/mol. The first-order valence-electron chi connectivity index (χ1n) is 5.50. The van der Waals surface area contributed by atoms with Gasteiger partial charge < -0.3 is 9.84 Å². The van der Waals surface area contributed by atoms with E-state index >= 15 is 0 Å². The van der Waals surface area contributed by atoms with E-state index in [-0.39, 0.29) is 17.2 Å². The smallest absolute Gasteiger partial charge is 0.339 e. The number of rotatable bonds is 3. The van der Waals surface area contributed by atoms with E-state index in [4.69, 9.17) is 9.84 Å². The highest BCUT2D eigenvalue weighted by Gasteiger charge is 2.15. The van der Waals surface area contributed by atoms with Crippen LogP contribution in [0.3, 0.4) is 0 Å². The minimum absolute atomic E-state index is 0.0384. The van der Waals surface area contributed by atoms with Crippen LogP contribution < -0.4 is 4.74 Å². The van der Waals surface area contributed by atoms with Crippen molar-refractivity contribution in [2.75, 3.05) is 0 Å². The minimum atomic E-state index is -1.08. The Kier molecular flexibility index (Phi) is 3.07. The molecule has 0 amide bonds. The zero-order chi connectivity index (χ0) is 14.1. The number of carboxylic acid groups (broad SMARTS) is 1. The van der Waals surface area contributed by atoms with Gasteiger partial charge in [0, 0.05) is 16.9 Å². The van der Waals surface area contributed by atoms with E-state index in [1.165, 1.54) is 18.6 Å². The number of halogens is 1. The molecule has 8 heteroatoms. The maximum atomic E-state index is 11.2. The van der Waals surface area contributed by atoms with Crippen LogP contribution in [0.1, 0.15) is 10.4 Å². The third kappa shape index (κ3) is 2.21. The molecule has 0 aliphatic heterocycles. The third-order valence-electron chi connectivity index (χ3n) is 2.56. The SMILES string of the molecule is O=C(O)c1ccc(Br)cc1Oc1nccn2cnnc12. The van der Waals surface area contributed by atoms with E-state index in [2.05, 4.69) is 31.1 Å². The quantitative estimate of drug-likeness (QED) is 0.790. The van der Waals surface area contributed by atoms with Crippen molar-refractivity contribution in [1.29, 1.82) is 0 Å². The van der Waals surface area contributed by atoms with Crippen molar-refractivity contribution < 1.29 is 14.6 Å². The molecule has 100 valence electrons. The van der Waals surface area contributed by atoms with Crippen LogP contribution in [-0.4, -0.2) is 30.7 Å². The summed E-state index contributed by atoms with van der Waals surface area (Å²) in [7, 11) is 0. The molecule has 0 saturated heterocycles. The molecule has 20 heavy (non-hydrogen) atoms. The highest BCUT2D eigenvalue weighted by atomic mass is 79.9. The Labute approximate surface area is 121 Å². The fraction of sp³-hybridized carbons (Fsp3) is 0. The van der Waals surface area contributed by atoms with Gasteiger partial charge in [-0.15, -0.1) is 10.2 Å². The number of aromatic carboxylic acids is 1. The number of carbonyl (C=O) groups is 1. The van der Waals surface area contributed by atoms with Crippen LogP contribution in [0.15, 0.2) is 41.4 Å². The molecular formula is C12H7BrN4O3. The highest BCUT2D eigenvalue weighted by molar-refractivity contribution is 9.10. The van der Waals surface area contributed by atoms with Gasteiger partial charge in [-0.2, -0.15) is 0 Å². The number of fused-ring (bicyclic) bond motifs is 1. The molecular weight excluding hydrogens is 328 g/mol. The lowest BCUT2D eigenvalue weighted by molar-refractivity contribution is 0.0694. The molecule has 1 N–H and O–H groups in total. The van der Waals surface area contributed by atoms with Crippen molar-refractivity contribution in [3.8, 4) is 11.6 Å². The first-order valence-corrected chi connectivity index (χ1v) is 6.29. The minimum Gasteiger partial charge on any atom is -0.478 e. The van der Waals surface area contributed by atoms with Crippen LogP contribution in [0.5, 0.6) is 11.6 Å². The second kappa shape index (κ2) is 4.89. The molecule has 7 nitrogen and oxygen atoms in total. The molecule has 1 aromatic carbocycles. The van der Waals surface area contributed by atoms with E-state index in [1.807, 2.05) is 0 Å². The number of hydrogen-bond donors (Lipinski definition) is 1. The summed E-state index contributed by atoms with van der Waals surface area (Å²) in [5.41, 5.74) is 0.445. The van der Waals surface area contributed by atoms with Gasteiger partial charge in [-0.3, -0.25) is 4.40 Å². The second-order valence-corrected chi connectivity index (χ2v) is 4.76. The topological polar surface area (TPSA) is 89.6 Å². The fourth-order valence-electron chi connectivity index (χ4n) is 1.67. The van der Waals surface area contributed by atoms with Crippen LogP contribution in [0.2, 0.25) is 0 Å². The molecule has 2 heterocycles. The predicted octanol–water partition coefficient (Wildman–Crippen LogP) is 2.38. The van der Waals surface area contributed by atoms with Gasteiger partial charge in [0.2, 0.25) is 5.65 Å². The maximum Gasteiger partial charge on any atom is 0.339 e. The van der Waals surface area contributed by atoms with Crippen molar-refractivity contribution in [2.24, 2.45) is 0 Å². The molecule has 0 fully saturated rings. The van der Waals surface area contributed by atoms with Gasteiger partial charge in [-0.25, -0.2) is 9.78 Å². The molecule has 0 aliphatic carbocycles. The first-order chi connectivity index (χ1) is 9.65. The highest BCUT2D eigenvalue weighted by Crippen LogP contribution is 2.29. The summed E-state index contributed by atoms with van der Waals surface area (Å²) >= 11 is 3.27. The van der Waals surface area contributed by atoms with Crippen LogP contribution in [0.25, 0.3) is 5.65 Å². The van der Waals surface area contributed by atoms with Crippen molar-refractivity contribution >= 4 is 27.5 Å². The second-order valence-electron chi connectivity index (χ2n) is 3.84. The number of benzene rings is 1. The molecule has 3 rings (SSSR count). The molecule has 0 saturated carbocycles. The van der Waals surface area contributed by atoms with Gasteiger partial charge in [0.25, 0.3) is 5.88 Å². The molecule has 0 bridgehead atoms. The number of carboxylic acids is 1. The molecule has 0 aliphatic rings. The summed E-state index contributed by atoms with van der Waals surface area (Å²) in [5.74, 6) is -0.720. The van der Waals surface area contributed by atoms with Gasteiger partial charge in [-0.05, 0) is 18.2 Å². The molecule has 2 aromatic heterocycles. The average molecular weight is 335 g/mol. The number of hydrogen-bond acceptors (Lipinski definition) is 5. The summed E-state index contributed by atoms with van der Waals surface area (Å²) in [6, 6.07) is 4.64. The Hall–Kier alpha value is -2.48. The zero-order valence-corrected chi connectivity index (χ0v) is 11.5. The standard InChI is InChI=1S/C12H7BrN4O3/c13-7-1-2-8(12(18)19)9(5-7)20-11-10-16-15-6-17(10)4-3-14-11/h1-6H,(H,18,19). The molecule has 0 spiro atoms. The molecule has 0 radical (unpaired) electrons. The molecule has 0 unspecified atom stereocenters. The summed E-state index contributed by atoms with van der Waals surface area (Å²) < 4.78 is 7.90. The summed E-state index contributed by atoms with van der Waals surface area (Å²) in [6.45, 7) is 0.